The van der Waals surface area contributed by atoms with Crippen molar-refractivity contribution in [3.63, 3.8) is 0 Å². The second-order valence-electron chi connectivity index (χ2n) is 4.09. The van der Waals surface area contributed by atoms with E-state index in [2.05, 4.69) is 0 Å². The maximum Gasteiger partial charge on any atom is 0.401 e. The lowest BCUT2D eigenvalue weighted by Gasteiger charge is -2.19. The molecule has 0 aliphatic heterocycles. The quantitative estimate of drug-likeness (QED) is 0.563. The zero-order valence-electron chi connectivity index (χ0n) is 10.9. The van der Waals surface area contributed by atoms with E-state index in [-0.39, 0.29) is 5.56 Å². The molecule has 0 N–H and O–H groups in total. The average molecular weight is 290 g/mol. The van der Waals surface area contributed by atoms with Crippen LogP contribution in [-0.2, 0) is 0 Å². The lowest BCUT2D eigenvalue weighted by molar-refractivity contribution is -0.557. The van der Waals surface area contributed by atoms with Crippen LogP contribution < -0.4 is 4.74 Å². The third-order valence-electron chi connectivity index (χ3n) is 2.98. The largest absolute Gasteiger partial charge is 0.497 e. The smallest absolute Gasteiger partial charge is 0.401 e. The van der Waals surface area contributed by atoms with Gasteiger partial charge in [-0.15, -0.1) is 0 Å². The van der Waals surface area contributed by atoms with E-state index >= 15 is 0 Å². The molecule has 0 saturated carbocycles. The summed E-state index contributed by atoms with van der Waals surface area (Å²) in [5.74, 6) is -1.05. The van der Waals surface area contributed by atoms with Crippen LogP contribution in [0.1, 0.15) is 11.5 Å². The molecule has 0 aliphatic carbocycles. The van der Waals surface area contributed by atoms with Gasteiger partial charge in [-0.2, -0.15) is 10.5 Å². The van der Waals surface area contributed by atoms with Gasteiger partial charge in [0.05, 0.1) is 12.0 Å². The van der Waals surface area contributed by atoms with Gasteiger partial charge in [-0.05, 0) is 17.7 Å². The van der Waals surface area contributed by atoms with Crippen molar-refractivity contribution >= 4 is 0 Å². The number of ether oxygens (including phenoxy) is 1. The maximum atomic E-state index is 11.1. The minimum atomic E-state index is -2.72. The Labute approximate surface area is 119 Å². The predicted molar refractivity (Wildman–Crippen MR) is 68.5 cm³/mol. The number of nitro groups is 2. The molecule has 1 atom stereocenters. The number of rotatable bonds is 6. The Morgan fingerprint density at radius 3 is 2.10 bits per heavy atom. The van der Waals surface area contributed by atoms with E-state index in [9.17, 15) is 20.2 Å². The van der Waals surface area contributed by atoms with E-state index in [0.29, 0.717) is 5.75 Å². The summed E-state index contributed by atoms with van der Waals surface area (Å²) >= 11 is 0. The molecule has 0 aromatic heterocycles. The summed E-state index contributed by atoms with van der Waals surface area (Å²) in [4.78, 5) is 20.0. The minimum Gasteiger partial charge on any atom is -0.497 e. The Hall–Kier alpha value is -3.20. The van der Waals surface area contributed by atoms with Gasteiger partial charge in [-0.25, -0.2) is 0 Å². The van der Waals surface area contributed by atoms with Crippen molar-refractivity contribution in [3.8, 4) is 17.9 Å². The van der Waals surface area contributed by atoms with Crippen molar-refractivity contribution < 1.29 is 14.6 Å². The number of hydrogen-bond donors (Lipinski definition) is 0. The standard InChI is InChI=1S/C12H10N4O5/c1-21-10-4-2-9(3-5-10)11(6-15(17)18)12(7-13,8-14)16(19)20/h2-5,11H,6H2,1H3. The molecule has 0 spiro atoms. The molecule has 108 valence electrons. The summed E-state index contributed by atoms with van der Waals surface area (Å²) in [6.07, 6.45) is 0. The lowest BCUT2D eigenvalue weighted by atomic mass is 9.81. The fourth-order valence-corrected chi connectivity index (χ4v) is 1.85. The van der Waals surface area contributed by atoms with Gasteiger partial charge in [0.1, 0.15) is 11.7 Å². The first-order valence-electron chi connectivity index (χ1n) is 5.64. The zero-order valence-corrected chi connectivity index (χ0v) is 10.9. The summed E-state index contributed by atoms with van der Waals surface area (Å²) in [6.45, 7) is -0.908. The first-order valence-corrected chi connectivity index (χ1v) is 5.64. The van der Waals surface area contributed by atoms with Gasteiger partial charge in [0.15, 0.2) is 12.1 Å². The van der Waals surface area contributed by atoms with Crippen LogP contribution in [0.4, 0.5) is 0 Å². The molecule has 1 unspecified atom stereocenters. The molecule has 0 amide bonds. The highest BCUT2D eigenvalue weighted by molar-refractivity contribution is 5.36. The molecule has 9 heteroatoms. The Balaban J connectivity index is 3.40. The third kappa shape index (κ3) is 3.04. The normalized spacial score (nSPS) is 11.8. The van der Waals surface area contributed by atoms with Crippen molar-refractivity contribution in [2.24, 2.45) is 0 Å². The molecule has 0 saturated heterocycles. The summed E-state index contributed by atoms with van der Waals surface area (Å²) in [6, 6.07) is 8.22. The molecule has 1 rings (SSSR count). The van der Waals surface area contributed by atoms with Crippen molar-refractivity contribution in [2.75, 3.05) is 13.7 Å². The van der Waals surface area contributed by atoms with Gasteiger partial charge in [0, 0.05) is 4.92 Å². The van der Waals surface area contributed by atoms with Gasteiger partial charge in [0.2, 0.25) is 6.54 Å². The highest BCUT2D eigenvalue weighted by Gasteiger charge is 2.55. The van der Waals surface area contributed by atoms with E-state index in [1.165, 1.54) is 43.5 Å². The molecule has 0 radical (unpaired) electrons. The number of hydrogen-bond acceptors (Lipinski definition) is 7. The molecular weight excluding hydrogens is 280 g/mol. The van der Waals surface area contributed by atoms with Crippen LogP contribution in [0.25, 0.3) is 0 Å². The Morgan fingerprint density at radius 2 is 1.76 bits per heavy atom. The van der Waals surface area contributed by atoms with Crippen LogP contribution in [0, 0.1) is 42.9 Å². The van der Waals surface area contributed by atoms with E-state index in [0.717, 1.165) is 0 Å². The third-order valence-corrected chi connectivity index (χ3v) is 2.98. The molecule has 0 bridgehead atoms. The minimum absolute atomic E-state index is 0.146. The van der Waals surface area contributed by atoms with Crippen molar-refractivity contribution in [1.29, 1.82) is 10.5 Å². The molecule has 1 aromatic rings. The number of nitrogens with zero attached hydrogens (tertiary/aromatic N) is 4. The Bertz CT molecular complexity index is 615. The zero-order chi connectivity index (χ0) is 16.0. The van der Waals surface area contributed by atoms with E-state index in [4.69, 9.17) is 15.3 Å². The van der Waals surface area contributed by atoms with Crippen molar-refractivity contribution in [1.82, 2.24) is 0 Å². The summed E-state index contributed by atoms with van der Waals surface area (Å²) < 4.78 is 4.92. The van der Waals surface area contributed by atoms with Crippen LogP contribution >= 0.6 is 0 Å². The van der Waals surface area contributed by atoms with Crippen molar-refractivity contribution in [3.05, 3.63) is 50.1 Å². The summed E-state index contributed by atoms with van der Waals surface area (Å²) in [7, 11) is 1.41. The molecule has 21 heavy (non-hydrogen) atoms. The molecule has 0 heterocycles. The lowest BCUT2D eigenvalue weighted by Crippen LogP contribution is -2.44. The Morgan fingerprint density at radius 1 is 1.24 bits per heavy atom. The van der Waals surface area contributed by atoms with Gasteiger partial charge in [-0.1, -0.05) is 12.1 Å². The van der Waals surface area contributed by atoms with Gasteiger partial charge in [0.25, 0.3) is 0 Å². The SMILES string of the molecule is COc1ccc(C(C[N+](=O)[O-])C(C#N)(C#N)[N+](=O)[O-])cc1. The van der Waals surface area contributed by atoms with E-state index in [1.54, 1.807) is 0 Å². The molecule has 1 aromatic carbocycles. The molecule has 9 nitrogen and oxygen atoms in total. The van der Waals surface area contributed by atoms with Crippen LogP contribution in [0.15, 0.2) is 24.3 Å². The maximum absolute atomic E-state index is 11.1. The average Bonchev–Trinajstić information content (AvgIpc) is 2.47. The van der Waals surface area contributed by atoms with Crippen LogP contribution in [0.2, 0.25) is 0 Å². The predicted octanol–water partition coefficient (Wildman–Crippen LogP) is 1.12. The molecular formula is C12H10N4O5. The second kappa shape index (κ2) is 6.30. The fourth-order valence-electron chi connectivity index (χ4n) is 1.85. The first-order chi connectivity index (χ1) is 9.91. The van der Waals surface area contributed by atoms with Crippen LogP contribution in [0.3, 0.4) is 0 Å². The topological polar surface area (TPSA) is 143 Å². The van der Waals surface area contributed by atoms with E-state index in [1.807, 2.05) is 0 Å². The van der Waals surface area contributed by atoms with Crippen LogP contribution in [-0.4, -0.2) is 29.0 Å². The first kappa shape index (κ1) is 15.9. The Kier molecular flexibility index (Phi) is 4.76. The summed E-state index contributed by atoms with van der Waals surface area (Å²) in [5.41, 5.74) is -2.57. The van der Waals surface area contributed by atoms with Crippen LogP contribution in [0.5, 0.6) is 5.75 Å². The monoisotopic (exact) mass is 290 g/mol. The highest BCUT2D eigenvalue weighted by Crippen LogP contribution is 2.32. The molecule has 0 aliphatic rings. The van der Waals surface area contributed by atoms with Crippen molar-refractivity contribution in [2.45, 2.75) is 11.5 Å². The number of methoxy groups -OCH3 is 1. The molecule has 0 fully saturated rings. The summed E-state index contributed by atoms with van der Waals surface area (Å²) in [5, 5.41) is 39.9. The van der Waals surface area contributed by atoms with Gasteiger partial charge >= 0.3 is 5.54 Å². The highest BCUT2D eigenvalue weighted by atomic mass is 16.6. The van der Waals surface area contributed by atoms with Gasteiger partial charge < -0.3 is 4.74 Å². The number of nitriles is 2. The van der Waals surface area contributed by atoms with Gasteiger partial charge in [-0.3, -0.25) is 20.2 Å². The second-order valence-corrected chi connectivity index (χ2v) is 4.09. The number of benzene rings is 1. The fraction of sp³-hybridized carbons (Fsp3) is 0.333. The van der Waals surface area contributed by atoms with E-state index < -0.39 is 27.8 Å².